The van der Waals surface area contributed by atoms with Crippen molar-refractivity contribution in [3.05, 3.63) is 94.3 Å². The van der Waals surface area contributed by atoms with Gasteiger partial charge in [0.05, 0.1) is 29.2 Å². The Bertz CT molecular complexity index is 1170. The highest BCUT2D eigenvalue weighted by atomic mass is 32.1. The highest BCUT2D eigenvalue weighted by molar-refractivity contribution is 7.12. The molecular formula is C24H20N2O3S. The zero-order valence-electron chi connectivity index (χ0n) is 16.2. The van der Waals surface area contributed by atoms with Crippen LogP contribution in [0, 0.1) is 0 Å². The maximum Gasteiger partial charge on any atom is 0.227 e. The Kier molecular flexibility index (Phi) is 5.42. The van der Waals surface area contributed by atoms with Gasteiger partial charge in [0.15, 0.2) is 6.79 Å². The average molecular weight is 417 g/mol. The van der Waals surface area contributed by atoms with Gasteiger partial charge in [-0.25, -0.2) is 4.99 Å². The van der Waals surface area contributed by atoms with Crippen LogP contribution in [0.2, 0.25) is 0 Å². The number of fused-ring (bicyclic) bond motifs is 1. The number of para-hydroxylation sites is 1. The van der Waals surface area contributed by atoms with Crippen molar-refractivity contribution in [1.29, 1.82) is 0 Å². The van der Waals surface area contributed by atoms with E-state index in [1.807, 2.05) is 72.1 Å². The van der Waals surface area contributed by atoms with Gasteiger partial charge in [-0.3, -0.25) is 4.98 Å². The predicted molar refractivity (Wildman–Crippen MR) is 118 cm³/mol. The van der Waals surface area contributed by atoms with Gasteiger partial charge in [-0.05, 0) is 41.3 Å². The Morgan fingerprint density at radius 2 is 1.97 bits per heavy atom. The molecular weight excluding hydrogens is 396 g/mol. The van der Waals surface area contributed by atoms with Crippen molar-refractivity contribution in [1.82, 2.24) is 4.98 Å². The summed E-state index contributed by atoms with van der Waals surface area (Å²) in [5, 5.41) is 3.14. The van der Waals surface area contributed by atoms with Crippen LogP contribution in [0.1, 0.15) is 22.2 Å². The van der Waals surface area contributed by atoms with Crippen LogP contribution < -0.4 is 4.74 Å². The van der Waals surface area contributed by atoms with E-state index in [1.165, 1.54) is 0 Å². The van der Waals surface area contributed by atoms with Crippen LogP contribution >= 0.6 is 11.3 Å². The molecule has 0 aliphatic carbocycles. The second kappa shape index (κ2) is 8.65. The Labute approximate surface area is 178 Å². The Morgan fingerprint density at radius 3 is 2.90 bits per heavy atom. The number of hydrogen-bond donors (Lipinski definition) is 0. The molecule has 0 radical (unpaired) electrons. The molecule has 6 heteroatoms. The van der Waals surface area contributed by atoms with Gasteiger partial charge in [0.1, 0.15) is 11.9 Å². The summed E-state index contributed by atoms with van der Waals surface area (Å²) in [4.78, 5) is 10.2. The zero-order valence-corrected chi connectivity index (χ0v) is 17.0. The van der Waals surface area contributed by atoms with Crippen LogP contribution in [0.25, 0.3) is 10.9 Å². The van der Waals surface area contributed by atoms with Crippen molar-refractivity contribution in [2.45, 2.75) is 12.7 Å². The van der Waals surface area contributed by atoms with Crippen molar-refractivity contribution in [2.24, 2.45) is 4.99 Å². The number of benzene rings is 2. The van der Waals surface area contributed by atoms with E-state index in [0.29, 0.717) is 19.0 Å². The van der Waals surface area contributed by atoms with Gasteiger partial charge in [0.25, 0.3) is 0 Å². The van der Waals surface area contributed by atoms with Crippen molar-refractivity contribution in [3.8, 4) is 5.75 Å². The smallest absolute Gasteiger partial charge is 0.227 e. The average Bonchev–Trinajstić information content (AvgIpc) is 3.49. The van der Waals surface area contributed by atoms with Crippen molar-refractivity contribution >= 4 is 28.1 Å². The molecule has 0 saturated carbocycles. The number of nitrogens with zero attached hydrogens (tertiary/aromatic N) is 2. The molecule has 2 aromatic heterocycles. The van der Waals surface area contributed by atoms with E-state index in [2.05, 4.69) is 16.0 Å². The molecule has 1 unspecified atom stereocenters. The summed E-state index contributed by atoms with van der Waals surface area (Å²) in [6.07, 6.45) is -0.0895. The van der Waals surface area contributed by atoms with Crippen LogP contribution in [0.4, 0.5) is 0 Å². The van der Waals surface area contributed by atoms with E-state index in [0.717, 1.165) is 32.8 Å². The molecule has 1 atom stereocenters. The van der Waals surface area contributed by atoms with Crippen LogP contribution in [-0.4, -0.2) is 24.2 Å². The summed E-state index contributed by atoms with van der Waals surface area (Å²) in [5.74, 6) is 1.46. The highest BCUT2D eigenvalue weighted by Gasteiger charge is 2.23. The predicted octanol–water partition coefficient (Wildman–Crippen LogP) is 5.37. The van der Waals surface area contributed by atoms with E-state index < -0.39 is 0 Å². The number of aliphatic imine (C=N–C) groups is 1. The lowest BCUT2D eigenvalue weighted by molar-refractivity contribution is 0.00366. The van der Waals surface area contributed by atoms with Gasteiger partial charge in [-0.15, -0.1) is 11.3 Å². The molecule has 1 aliphatic rings. The van der Waals surface area contributed by atoms with Crippen molar-refractivity contribution in [3.63, 3.8) is 0 Å². The molecule has 0 amide bonds. The molecule has 5 rings (SSSR count). The third-order valence-corrected chi connectivity index (χ3v) is 5.69. The monoisotopic (exact) mass is 416 g/mol. The summed E-state index contributed by atoms with van der Waals surface area (Å²) in [6.45, 7) is 1.16. The number of hydrogen-bond acceptors (Lipinski definition) is 6. The molecule has 0 saturated heterocycles. The largest absolute Gasteiger partial charge is 0.468 e. The summed E-state index contributed by atoms with van der Waals surface area (Å²) in [6, 6.07) is 24.0. The lowest BCUT2D eigenvalue weighted by atomic mass is 10.1. The summed E-state index contributed by atoms with van der Waals surface area (Å²) < 4.78 is 17.5. The van der Waals surface area contributed by atoms with Gasteiger partial charge in [0, 0.05) is 5.39 Å². The van der Waals surface area contributed by atoms with Gasteiger partial charge >= 0.3 is 0 Å². The van der Waals surface area contributed by atoms with Crippen LogP contribution in [0.5, 0.6) is 5.75 Å². The fourth-order valence-electron chi connectivity index (χ4n) is 3.33. The minimum absolute atomic E-state index is 0.0895. The minimum atomic E-state index is -0.0895. The first-order valence-corrected chi connectivity index (χ1v) is 10.6. The Balaban J connectivity index is 1.14. The molecule has 0 fully saturated rings. The molecule has 0 bridgehead atoms. The second-order valence-corrected chi connectivity index (χ2v) is 7.86. The standard InChI is InChI=1S/C24H20N2O3S/c1-2-8-21-17(5-1)10-11-19(26-21)15-27-16-28-20-7-3-6-18(13-20)22-14-25-24(29-22)23-9-4-12-30-23/h1-13,22H,14-16H2. The van der Waals surface area contributed by atoms with E-state index in [9.17, 15) is 0 Å². The van der Waals surface area contributed by atoms with Crippen LogP contribution in [-0.2, 0) is 16.1 Å². The normalized spacial score (nSPS) is 15.7. The lowest BCUT2D eigenvalue weighted by Gasteiger charge is -2.13. The van der Waals surface area contributed by atoms with Crippen LogP contribution in [0.3, 0.4) is 0 Å². The summed E-state index contributed by atoms with van der Waals surface area (Å²) >= 11 is 1.63. The number of ether oxygens (including phenoxy) is 3. The van der Waals surface area contributed by atoms with E-state index >= 15 is 0 Å². The fraction of sp³-hybridized carbons (Fsp3) is 0.167. The van der Waals surface area contributed by atoms with E-state index in [-0.39, 0.29) is 12.9 Å². The summed E-state index contributed by atoms with van der Waals surface area (Å²) in [7, 11) is 0. The quantitative estimate of drug-likeness (QED) is 0.300. The van der Waals surface area contributed by atoms with Crippen molar-refractivity contribution in [2.75, 3.05) is 13.3 Å². The number of thiophene rings is 1. The summed E-state index contributed by atoms with van der Waals surface area (Å²) in [5.41, 5.74) is 2.88. The maximum absolute atomic E-state index is 6.03. The zero-order chi connectivity index (χ0) is 20.2. The molecule has 2 aromatic carbocycles. The maximum atomic E-state index is 6.03. The number of rotatable bonds is 7. The molecule has 3 heterocycles. The minimum Gasteiger partial charge on any atom is -0.468 e. The number of aromatic nitrogens is 1. The molecule has 5 nitrogen and oxygen atoms in total. The van der Waals surface area contributed by atoms with Crippen LogP contribution in [0.15, 0.2) is 83.2 Å². The van der Waals surface area contributed by atoms with Crippen molar-refractivity contribution < 1.29 is 14.2 Å². The molecule has 0 spiro atoms. The third kappa shape index (κ3) is 4.20. The fourth-order valence-corrected chi connectivity index (χ4v) is 4.01. The molecule has 4 aromatic rings. The first-order valence-electron chi connectivity index (χ1n) is 9.75. The topological polar surface area (TPSA) is 52.9 Å². The molecule has 150 valence electrons. The van der Waals surface area contributed by atoms with Gasteiger partial charge in [-0.1, -0.05) is 42.5 Å². The second-order valence-electron chi connectivity index (χ2n) is 6.91. The first kappa shape index (κ1) is 18.8. The Hall–Kier alpha value is -3.22. The van der Waals surface area contributed by atoms with E-state index in [4.69, 9.17) is 14.2 Å². The number of pyridine rings is 1. The van der Waals surface area contributed by atoms with Gasteiger partial charge in [0.2, 0.25) is 5.90 Å². The van der Waals surface area contributed by atoms with Gasteiger partial charge < -0.3 is 14.2 Å². The third-order valence-electron chi connectivity index (χ3n) is 4.83. The SMILES string of the molecule is c1cc(OCOCc2ccc3ccccc3n2)cc(C2CN=C(c3cccs3)O2)c1. The van der Waals surface area contributed by atoms with Gasteiger partial charge in [-0.2, -0.15) is 0 Å². The first-order chi connectivity index (χ1) is 14.8. The van der Waals surface area contributed by atoms with E-state index in [1.54, 1.807) is 11.3 Å². The highest BCUT2D eigenvalue weighted by Crippen LogP contribution is 2.29. The Morgan fingerprint density at radius 1 is 1.00 bits per heavy atom. The molecule has 30 heavy (non-hydrogen) atoms. The molecule has 1 aliphatic heterocycles. The molecule has 0 N–H and O–H groups in total. The lowest BCUT2D eigenvalue weighted by Crippen LogP contribution is -2.07.